The van der Waals surface area contributed by atoms with Crippen LogP contribution in [-0.2, 0) is 9.59 Å². The van der Waals surface area contributed by atoms with E-state index in [0.717, 1.165) is 25.3 Å². The molecule has 2 N–H and O–H groups in total. The third-order valence-electron chi connectivity index (χ3n) is 2.88. The molecule has 2 bridgehead atoms. The summed E-state index contributed by atoms with van der Waals surface area (Å²) in [6.07, 6.45) is 7.54. The number of carbonyl (C=O) groups is 2. The van der Waals surface area contributed by atoms with Gasteiger partial charge in [0.2, 0.25) is 0 Å². The van der Waals surface area contributed by atoms with Crippen molar-refractivity contribution < 1.29 is 19.8 Å². The molecular weight excluding hydrogens is 220 g/mol. The lowest BCUT2D eigenvalue weighted by molar-refractivity contribution is -0.145. The summed E-state index contributed by atoms with van der Waals surface area (Å²) in [6, 6.07) is 0. The van der Waals surface area contributed by atoms with Crippen molar-refractivity contribution in [1.29, 1.82) is 0 Å². The van der Waals surface area contributed by atoms with E-state index in [4.69, 9.17) is 10.2 Å². The van der Waals surface area contributed by atoms with Gasteiger partial charge in [-0.3, -0.25) is 4.79 Å². The molecule has 0 aromatic rings. The molecule has 2 unspecified atom stereocenters. The van der Waals surface area contributed by atoms with Crippen LogP contribution >= 0.6 is 0 Å². The van der Waals surface area contributed by atoms with Crippen LogP contribution in [0.15, 0.2) is 38.0 Å². The zero-order valence-corrected chi connectivity index (χ0v) is 9.76. The number of rotatable bonds is 2. The predicted molar refractivity (Wildman–Crippen MR) is 65.6 cm³/mol. The number of aliphatic carboxylic acids is 2. The Morgan fingerprint density at radius 3 is 2.00 bits per heavy atom. The molecule has 0 aromatic carbocycles. The van der Waals surface area contributed by atoms with Crippen molar-refractivity contribution in [3.05, 3.63) is 38.0 Å². The normalized spacial score (nSPS) is 27.2. The Morgan fingerprint density at radius 1 is 1.35 bits per heavy atom. The van der Waals surface area contributed by atoms with Gasteiger partial charge in [0, 0.05) is 6.08 Å². The number of carboxylic acids is 2. The highest BCUT2D eigenvalue weighted by molar-refractivity contribution is 5.79. The molecule has 2 aliphatic rings. The molecule has 4 heteroatoms. The fraction of sp³-hybridized carbons (Fsp3) is 0.385. The number of carboxylic acid groups (broad SMARTS) is 2. The van der Waals surface area contributed by atoms with Gasteiger partial charge in [0.1, 0.15) is 0 Å². The summed E-state index contributed by atoms with van der Waals surface area (Å²) in [5, 5.41) is 16.4. The molecular formula is C13H18O4. The van der Waals surface area contributed by atoms with Crippen molar-refractivity contribution in [2.75, 3.05) is 0 Å². The number of allylic oxidation sites excluding steroid dienone is 1. The monoisotopic (exact) mass is 238 g/mol. The first kappa shape index (κ1) is 15.2. The third-order valence-corrected chi connectivity index (χ3v) is 2.88. The fourth-order valence-corrected chi connectivity index (χ4v) is 2.02. The van der Waals surface area contributed by atoms with Crippen LogP contribution in [0.4, 0.5) is 0 Å². The Hall–Kier alpha value is -1.84. The minimum Gasteiger partial charge on any atom is -0.481 e. The molecule has 0 radical (unpaired) electrons. The third kappa shape index (κ3) is 3.90. The molecule has 2 atom stereocenters. The van der Waals surface area contributed by atoms with Gasteiger partial charge in [-0.15, -0.1) is 13.2 Å². The number of fused-ring (bicyclic) bond motifs is 2. The summed E-state index contributed by atoms with van der Waals surface area (Å²) < 4.78 is 0. The van der Waals surface area contributed by atoms with Crippen LogP contribution in [0, 0.1) is 11.3 Å². The van der Waals surface area contributed by atoms with Crippen molar-refractivity contribution in [3.8, 4) is 0 Å². The first-order valence-electron chi connectivity index (χ1n) is 5.28. The van der Waals surface area contributed by atoms with Gasteiger partial charge in [-0.25, -0.2) is 4.79 Å². The highest BCUT2D eigenvalue weighted by Crippen LogP contribution is 2.49. The van der Waals surface area contributed by atoms with Crippen LogP contribution in [-0.4, -0.2) is 22.2 Å². The molecule has 94 valence electrons. The van der Waals surface area contributed by atoms with E-state index in [0.29, 0.717) is 5.92 Å². The van der Waals surface area contributed by atoms with Gasteiger partial charge in [0.25, 0.3) is 0 Å². The zero-order valence-electron chi connectivity index (χ0n) is 9.76. The van der Waals surface area contributed by atoms with E-state index in [1.165, 1.54) is 0 Å². The summed E-state index contributed by atoms with van der Waals surface area (Å²) in [6.45, 7) is 8.96. The number of hydrogen-bond donors (Lipinski definition) is 2. The van der Waals surface area contributed by atoms with Crippen molar-refractivity contribution in [3.63, 3.8) is 0 Å². The molecule has 0 amide bonds. The van der Waals surface area contributed by atoms with Crippen LogP contribution < -0.4 is 0 Å². The van der Waals surface area contributed by atoms with Crippen molar-refractivity contribution in [1.82, 2.24) is 0 Å². The van der Waals surface area contributed by atoms with Crippen LogP contribution in [0.5, 0.6) is 0 Å². The molecule has 4 nitrogen and oxygen atoms in total. The average molecular weight is 238 g/mol. The van der Waals surface area contributed by atoms with E-state index in [-0.39, 0.29) is 0 Å². The highest BCUT2D eigenvalue weighted by Gasteiger charge is 2.46. The molecule has 0 saturated heterocycles. The largest absolute Gasteiger partial charge is 0.481 e. The van der Waals surface area contributed by atoms with Gasteiger partial charge < -0.3 is 10.2 Å². The second kappa shape index (κ2) is 6.68. The molecule has 0 heterocycles. The molecule has 17 heavy (non-hydrogen) atoms. The van der Waals surface area contributed by atoms with Gasteiger partial charge in [-0.05, 0) is 25.2 Å². The minimum atomic E-state index is -0.981. The minimum absolute atomic E-state index is 0.454. The smallest absolute Gasteiger partial charge is 0.327 e. The van der Waals surface area contributed by atoms with Crippen LogP contribution in [0.25, 0.3) is 0 Å². The lowest BCUT2D eigenvalue weighted by Gasteiger charge is -2.15. The lowest BCUT2D eigenvalue weighted by Crippen LogP contribution is -2.23. The van der Waals surface area contributed by atoms with Gasteiger partial charge in [-0.1, -0.05) is 18.7 Å². The standard InChI is InChI=1S/C8H10O2.C3H4O2.C2H4/c9-7(10)8-3-1-6(5-8)2-4-8;1-2-3(4)5;1-2/h1,3,6H,2,4-5H2,(H,9,10);2H,1H2,(H,4,5);1-2H2. The summed E-state index contributed by atoms with van der Waals surface area (Å²) in [5.74, 6) is -1.05. The molecule has 1 saturated carbocycles. The summed E-state index contributed by atoms with van der Waals surface area (Å²) >= 11 is 0. The van der Waals surface area contributed by atoms with E-state index >= 15 is 0 Å². The van der Waals surface area contributed by atoms with Crippen LogP contribution in [0.1, 0.15) is 19.3 Å². The molecule has 0 aromatic heterocycles. The van der Waals surface area contributed by atoms with E-state index < -0.39 is 17.4 Å². The molecule has 0 spiro atoms. The van der Waals surface area contributed by atoms with Gasteiger partial charge in [0.05, 0.1) is 5.41 Å². The molecule has 0 aliphatic heterocycles. The number of hydrogen-bond acceptors (Lipinski definition) is 2. The first-order valence-corrected chi connectivity index (χ1v) is 5.28. The Kier molecular flexibility index (Phi) is 5.96. The summed E-state index contributed by atoms with van der Waals surface area (Å²) in [4.78, 5) is 20.0. The molecule has 2 aliphatic carbocycles. The Balaban J connectivity index is 0.000000315. The Bertz CT molecular complexity index is 332. The Morgan fingerprint density at radius 2 is 1.88 bits per heavy atom. The maximum atomic E-state index is 10.7. The second-order valence-corrected chi connectivity index (χ2v) is 3.87. The maximum Gasteiger partial charge on any atom is 0.327 e. The average Bonchev–Trinajstić information content (AvgIpc) is 2.94. The molecule has 1 fully saturated rings. The van der Waals surface area contributed by atoms with Crippen molar-refractivity contribution >= 4 is 11.9 Å². The van der Waals surface area contributed by atoms with E-state index in [9.17, 15) is 9.59 Å². The lowest BCUT2D eigenvalue weighted by atomic mass is 9.88. The van der Waals surface area contributed by atoms with E-state index in [1.807, 2.05) is 6.08 Å². The SMILES string of the molecule is C=C.C=CC(=O)O.O=C(O)C12C=CC(CC1)C2. The maximum absolute atomic E-state index is 10.7. The van der Waals surface area contributed by atoms with Crippen LogP contribution in [0.3, 0.4) is 0 Å². The zero-order chi connectivity index (χ0) is 13.5. The first-order chi connectivity index (χ1) is 8.00. The quantitative estimate of drug-likeness (QED) is 0.572. The van der Waals surface area contributed by atoms with Crippen LogP contribution in [0.2, 0.25) is 0 Å². The molecule has 2 rings (SSSR count). The topological polar surface area (TPSA) is 74.6 Å². The van der Waals surface area contributed by atoms with Gasteiger partial charge in [-0.2, -0.15) is 0 Å². The van der Waals surface area contributed by atoms with E-state index in [2.05, 4.69) is 25.8 Å². The highest BCUT2D eigenvalue weighted by atomic mass is 16.4. The summed E-state index contributed by atoms with van der Waals surface area (Å²) in [5.41, 5.74) is -0.454. The summed E-state index contributed by atoms with van der Waals surface area (Å²) in [7, 11) is 0. The van der Waals surface area contributed by atoms with Gasteiger partial charge in [0.15, 0.2) is 0 Å². The van der Waals surface area contributed by atoms with E-state index in [1.54, 1.807) is 0 Å². The Labute approximate surface area is 101 Å². The fourth-order valence-electron chi connectivity index (χ4n) is 2.02. The predicted octanol–water partition coefficient (Wildman–Crippen LogP) is 2.49. The second-order valence-electron chi connectivity index (χ2n) is 3.87. The van der Waals surface area contributed by atoms with Crippen molar-refractivity contribution in [2.24, 2.45) is 11.3 Å². The van der Waals surface area contributed by atoms with Gasteiger partial charge >= 0.3 is 11.9 Å². The van der Waals surface area contributed by atoms with Crippen molar-refractivity contribution in [2.45, 2.75) is 19.3 Å².